The van der Waals surface area contributed by atoms with Gasteiger partial charge in [-0.15, -0.1) is 0 Å². The number of hydrogen-bond acceptors (Lipinski definition) is 0. The quantitative estimate of drug-likeness (QED) is 0.531. The molecule has 0 amide bonds. The first-order chi connectivity index (χ1) is 8.79. The van der Waals surface area contributed by atoms with Gasteiger partial charge in [-0.2, -0.15) is 0 Å². The summed E-state index contributed by atoms with van der Waals surface area (Å²) in [6.07, 6.45) is 13.2. The van der Waals surface area contributed by atoms with Gasteiger partial charge in [0.15, 0.2) is 0 Å². The number of benzene rings is 1. The molecule has 0 N–H and O–H groups in total. The van der Waals surface area contributed by atoms with E-state index in [0.717, 1.165) is 0 Å². The standard InChI is InChI=1S/C17H23Br/c1-2-3-4-5-6-7-8-14-11-15-9-10-17(18)13-16(15)12-14/h9-11,13H,2-8,12H2,1H3. The van der Waals surface area contributed by atoms with Gasteiger partial charge in [-0.1, -0.05) is 72.7 Å². The van der Waals surface area contributed by atoms with Crippen LogP contribution < -0.4 is 0 Å². The second-order valence-electron chi connectivity index (χ2n) is 5.34. The maximum atomic E-state index is 3.55. The monoisotopic (exact) mass is 306 g/mol. The van der Waals surface area contributed by atoms with E-state index in [-0.39, 0.29) is 0 Å². The highest BCUT2D eigenvalue weighted by Crippen LogP contribution is 2.30. The van der Waals surface area contributed by atoms with Gasteiger partial charge in [0, 0.05) is 4.47 Å². The van der Waals surface area contributed by atoms with Crippen molar-refractivity contribution in [2.45, 2.75) is 58.3 Å². The number of rotatable bonds is 7. The highest BCUT2D eigenvalue weighted by Gasteiger charge is 2.12. The van der Waals surface area contributed by atoms with Crippen LogP contribution in [0.3, 0.4) is 0 Å². The van der Waals surface area contributed by atoms with Gasteiger partial charge in [-0.3, -0.25) is 0 Å². The maximum absolute atomic E-state index is 3.55. The minimum absolute atomic E-state index is 1.17. The Labute approximate surface area is 120 Å². The van der Waals surface area contributed by atoms with Gasteiger partial charge in [0.05, 0.1) is 0 Å². The zero-order valence-electron chi connectivity index (χ0n) is 11.3. The average Bonchev–Trinajstić information content (AvgIpc) is 2.75. The minimum Gasteiger partial charge on any atom is -0.0654 e. The van der Waals surface area contributed by atoms with Crippen molar-refractivity contribution in [3.63, 3.8) is 0 Å². The van der Waals surface area contributed by atoms with Crippen LogP contribution in [0.1, 0.15) is 63.0 Å². The van der Waals surface area contributed by atoms with E-state index in [1.807, 2.05) is 0 Å². The molecular formula is C17H23Br. The van der Waals surface area contributed by atoms with Crippen LogP contribution in [0.25, 0.3) is 6.08 Å². The van der Waals surface area contributed by atoms with Gasteiger partial charge >= 0.3 is 0 Å². The Morgan fingerprint density at radius 2 is 1.83 bits per heavy atom. The molecule has 1 aliphatic carbocycles. The third-order valence-electron chi connectivity index (χ3n) is 3.73. The summed E-state index contributed by atoms with van der Waals surface area (Å²) in [7, 11) is 0. The molecule has 0 nitrogen and oxygen atoms in total. The highest BCUT2D eigenvalue weighted by atomic mass is 79.9. The largest absolute Gasteiger partial charge is 0.0654 e. The van der Waals surface area contributed by atoms with Crippen LogP contribution in [0.5, 0.6) is 0 Å². The lowest BCUT2D eigenvalue weighted by Crippen LogP contribution is -1.86. The van der Waals surface area contributed by atoms with Crippen molar-refractivity contribution >= 4 is 22.0 Å². The summed E-state index contributed by atoms with van der Waals surface area (Å²) in [5, 5.41) is 0. The van der Waals surface area contributed by atoms with E-state index >= 15 is 0 Å². The van der Waals surface area contributed by atoms with Crippen LogP contribution in [0.4, 0.5) is 0 Å². The van der Waals surface area contributed by atoms with E-state index in [1.54, 1.807) is 5.57 Å². The summed E-state index contributed by atoms with van der Waals surface area (Å²) in [5.74, 6) is 0. The molecule has 0 unspecified atom stereocenters. The summed E-state index contributed by atoms with van der Waals surface area (Å²) >= 11 is 3.55. The Kier molecular flexibility index (Phi) is 5.49. The molecule has 0 heterocycles. The molecule has 2 rings (SSSR count). The molecule has 0 bridgehead atoms. The van der Waals surface area contributed by atoms with Gasteiger partial charge in [-0.05, 0) is 42.5 Å². The van der Waals surface area contributed by atoms with E-state index in [9.17, 15) is 0 Å². The Bertz CT molecular complexity index is 418. The number of unbranched alkanes of at least 4 members (excludes halogenated alkanes) is 5. The Hall–Kier alpha value is -0.560. The summed E-state index contributed by atoms with van der Waals surface area (Å²) < 4.78 is 1.20. The first kappa shape index (κ1) is 13.9. The molecule has 0 saturated heterocycles. The van der Waals surface area contributed by atoms with Gasteiger partial charge in [-0.25, -0.2) is 0 Å². The van der Waals surface area contributed by atoms with Crippen LogP contribution >= 0.6 is 15.9 Å². The second kappa shape index (κ2) is 7.13. The molecule has 0 saturated carbocycles. The molecule has 0 fully saturated rings. The molecule has 1 aliphatic rings. The summed E-state index contributed by atoms with van der Waals surface area (Å²) in [5.41, 5.74) is 4.54. The summed E-state index contributed by atoms with van der Waals surface area (Å²) in [6.45, 7) is 2.28. The number of halogens is 1. The zero-order valence-corrected chi connectivity index (χ0v) is 12.9. The van der Waals surface area contributed by atoms with Crippen LogP contribution in [0.2, 0.25) is 0 Å². The van der Waals surface area contributed by atoms with Crippen molar-refractivity contribution in [1.29, 1.82) is 0 Å². The predicted molar refractivity (Wildman–Crippen MR) is 83.8 cm³/mol. The third kappa shape index (κ3) is 3.98. The first-order valence-electron chi connectivity index (χ1n) is 7.27. The van der Waals surface area contributed by atoms with Gasteiger partial charge in [0.1, 0.15) is 0 Å². The average molecular weight is 307 g/mol. The molecule has 18 heavy (non-hydrogen) atoms. The van der Waals surface area contributed by atoms with Crippen molar-refractivity contribution in [3.8, 4) is 0 Å². The van der Waals surface area contributed by atoms with E-state index < -0.39 is 0 Å². The molecule has 1 heteroatoms. The van der Waals surface area contributed by atoms with Gasteiger partial charge < -0.3 is 0 Å². The number of hydrogen-bond donors (Lipinski definition) is 0. The van der Waals surface area contributed by atoms with Gasteiger partial charge in [0.25, 0.3) is 0 Å². The SMILES string of the molecule is CCCCCCCCC1=Cc2ccc(Br)cc2C1. The maximum Gasteiger partial charge on any atom is 0.0178 e. The Morgan fingerprint density at radius 1 is 1.06 bits per heavy atom. The van der Waals surface area contributed by atoms with Crippen molar-refractivity contribution in [2.24, 2.45) is 0 Å². The topological polar surface area (TPSA) is 0 Å². The summed E-state index contributed by atoms with van der Waals surface area (Å²) in [4.78, 5) is 0. The fourth-order valence-corrected chi connectivity index (χ4v) is 3.09. The molecule has 0 aliphatic heterocycles. The molecule has 1 aromatic rings. The number of fused-ring (bicyclic) bond motifs is 1. The first-order valence-corrected chi connectivity index (χ1v) is 8.07. The Morgan fingerprint density at radius 3 is 2.67 bits per heavy atom. The molecular weight excluding hydrogens is 284 g/mol. The van der Waals surface area contributed by atoms with Crippen LogP contribution in [0.15, 0.2) is 28.2 Å². The smallest absolute Gasteiger partial charge is 0.0178 e. The van der Waals surface area contributed by atoms with Crippen molar-refractivity contribution in [2.75, 3.05) is 0 Å². The van der Waals surface area contributed by atoms with Crippen LogP contribution in [-0.4, -0.2) is 0 Å². The fraction of sp³-hybridized carbons (Fsp3) is 0.529. The Balaban J connectivity index is 1.71. The van der Waals surface area contributed by atoms with Crippen LogP contribution in [-0.2, 0) is 6.42 Å². The lowest BCUT2D eigenvalue weighted by molar-refractivity contribution is 0.605. The number of allylic oxidation sites excluding steroid dienone is 1. The second-order valence-corrected chi connectivity index (χ2v) is 6.26. The fourth-order valence-electron chi connectivity index (χ4n) is 2.68. The normalized spacial score (nSPS) is 13.6. The van der Waals surface area contributed by atoms with Crippen molar-refractivity contribution < 1.29 is 0 Å². The van der Waals surface area contributed by atoms with Crippen molar-refractivity contribution in [1.82, 2.24) is 0 Å². The molecule has 0 radical (unpaired) electrons. The van der Waals surface area contributed by atoms with E-state index in [4.69, 9.17) is 0 Å². The summed E-state index contributed by atoms with van der Waals surface area (Å²) in [6, 6.07) is 6.64. The van der Waals surface area contributed by atoms with E-state index in [2.05, 4.69) is 47.1 Å². The third-order valence-corrected chi connectivity index (χ3v) is 4.23. The predicted octanol–water partition coefficient (Wildman–Crippen LogP) is 6.14. The minimum atomic E-state index is 1.17. The van der Waals surface area contributed by atoms with E-state index in [1.165, 1.54) is 67.0 Å². The highest BCUT2D eigenvalue weighted by molar-refractivity contribution is 9.10. The molecule has 1 aromatic carbocycles. The molecule has 0 aromatic heterocycles. The zero-order chi connectivity index (χ0) is 12.8. The lowest BCUT2D eigenvalue weighted by Gasteiger charge is -2.02. The molecule has 98 valence electrons. The van der Waals surface area contributed by atoms with Crippen molar-refractivity contribution in [3.05, 3.63) is 39.4 Å². The lowest BCUT2D eigenvalue weighted by atomic mass is 10.0. The van der Waals surface area contributed by atoms with E-state index in [0.29, 0.717) is 0 Å². The van der Waals surface area contributed by atoms with Crippen LogP contribution in [0, 0.1) is 0 Å². The van der Waals surface area contributed by atoms with Gasteiger partial charge in [0.2, 0.25) is 0 Å². The molecule has 0 spiro atoms. The molecule has 0 atom stereocenters.